The molecule has 0 bridgehead atoms. The van der Waals surface area contributed by atoms with Crippen molar-refractivity contribution >= 4 is 17.0 Å². The monoisotopic (exact) mass is 280 g/mol. The van der Waals surface area contributed by atoms with Crippen molar-refractivity contribution in [3.05, 3.63) is 41.5 Å². The number of aromatic amines is 1. The van der Waals surface area contributed by atoms with Gasteiger partial charge in [-0.2, -0.15) is 5.10 Å². The summed E-state index contributed by atoms with van der Waals surface area (Å²) in [5, 5.41) is 8.51. The second kappa shape index (κ2) is 4.51. The number of aryl methyl sites for hydroxylation is 2. The fraction of sp³-hybridized carbons (Fsp3) is 0.333. The molecule has 1 aliphatic heterocycles. The number of rotatable bonds is 2. The molecule has 0 spiro atoms. The first-order valence-electron chi connectivity index (χ1n) is 7.07. The van der Waals surface area contributed by atoms with E-state index in [1.165, 1.54) is 5.69 Å². The third-order valence-corrected chi connectivity index (χ3v) is 3.90. The quantitative estimate of drug-likeness (QED) is 0.777. The Hall–Kier alpha value is -2.50. The van der Waals surface area contributed by atoms with Gasteiger partial charge in [0.1, 0.15) is 0 Å². The van der Waals surface area contributed by atoms with E-state index in [1.54, 1.807) is 6.20 Å². The molecule has 4 heterocycles. The van der Waals surface area contributed by atoms with Crippen LogP contribution in [0.4, 0.5) is 5.95 Å². The Kier molecular flexibility index (Phi) is 2.63. The SMILES string of the molecule is Cc1cc(C)nc(N2CC(c3[nH]nc4ncccc34)C2)n1. The second-order valence-corrected chi connectivity index (χ2v) is 5.56. The highest BCUT2D eigenvalue weighted by molar-refractivity contribution is 5.78. The molecule has 1 aliphatic rings. The number of anilines is 1. The lowest BCUT2D eigenvalue weighted by atomic mass is 9.95. The van der Waals surface area contributed by atoms with Gasteiger partial charge in [-0.05, 0) is 32.0 Å². The van der Waals surface area contributed by atoms with Crippen LogP contribution in [0, 0.1) is 13.8 Å². The van der Waals surface area contributed by atoms with Gasteiger partial charge in [-0.25, -0.2) is 15.0 Å². The Morgan fingerprint density at radius 2 is 1.95 bits per heavy atom. The van der Waals surface area contributed by atoms with E-state index in [2.05, 4.69) is 36.1 Å². The third kappa shape index (κ3) is 2.03. The molecule has 0 radical (unpaired) electrons. The van der Waals surface area contributed by atoms with Gasteiger partial charge in [-0.15, -0.1) is 0 Å². The van der Waals surface area contributed by atoms with E-state index < -0.39 is 0 Å². The number of aromatic nitrogens is 5. The van der Waals surface area contributed by atoms with Crippen molar-refractivity contribution in [1.82, 2.24) is 25.1 Å². The van der Waals surface area contributed by atoms with E-state index in [1.807, 2.05) is 26.0 Å². The summed E-state index contributed by atoms with van der Waals surface area (Å²) in [5.41, 5.74) is 3.97. The molecule has 0 aliphatic carbocycles. The van der Waals surface area contributed by atoms with Crippen LogP contribution in [0.5, 0.6) is 0 Å². The molecule has 106 valence electrons. The average molecular weight is 280 g/mol. The number of fused-ring (bicyclic) bond motifs is 1. The number of nitrogens with zero attached hydrogens (tertiary/aromatic N) is 5. The summed E-state index contributed by atoms with van der Waals surface area (Å²) in [6.07, 6.45) is 1.77. The molecule has 3 aromatic rings. The maximum absolute atomic E-state index is 4.51. The summed E-state index contributed by atoms with van der Waals surface area (Å²) < 4.78 is 0. The Balaban J connectivity index is 1.57. The topological polar surface area (TPSA) is 70.6 Å². The van der Waals surface area contributed by atoms with Gasteiger partial charge >= 0.3 is 0 Å². The van der Waals surface area contributed by atoms with Gasteiger partial charge in [-0.3, -0.25) is 5.10 Å². The third-order valence-electron chi connectivity index (χ3n) is 3.90. The highest BCUT2D eigenvalue weighted by atomic mass is 15.3. The zero-order chi connectivity index (χ0) is 14.4. The van der Waals surface area contributed by atoms with Crippen LogP contribution >= 0.6 is 0 Å². The van der Waals surface area contributed by atoms with E-state index in [0.717, 1.165) is 41.5 Å². The van der Waals surface area contributed by atoms with Crippen LogP contribution < -0.4 is 4.90 Å². The molecular weight excluding hydrogens is 264 g/mol. The molecule has 0 atom stereocenters. The number of H-pyrrole nitrogens is 1. The summed E-state index contributed by atoms with van der Waals surface area (Å²) in [6.45, 7) is 5.83. The standard InChI is InChI=1S/C15H16N6/c1-9-6-10(2)18-15(17-9)21-7-11(8-21)13-12-4-3-5-16-14(12)20-19-13/h3-6,11H,7-8H2,1-2H3,(H,16,19,20). The molecule has 4 rings (SSSR count). The summed E-state index contributed by atoms with van der Waals surface area (Å²) in [4.78, 5) is 15.5. The van der Waals surface area contributed by atoms with Gasteiger partial charge in [-0.1, -0.05) is 0 Å². The van der Waals surface area contributed by atoms with Crippen molar-refractivity contribution in [2.75, 3.05) is 18.0 Å². The van der Waals surface area contributed by atoms with Crippen molar-refractivity contribution in [1.29, 1.82) is 0 Å². The molecule has 0 unspecified atom stereocenters. The Bertz CT molecular complexity index is 783. The minimum Gasteiger partial charge on any atom is -0.339 e. The molecule has 0 saturated carbocycles. The lowest BCUT2D eigenvalue weighted by Gasteiger charge is -2.39. The van der Waals surface area contributed by atoms with Gasteiger partial charge in [0.05, 0.1) is 5.69 Å². The molecule has 1 N–H and O–H groups in total. The lowest BCUT2D eigenvalue weighted by Crippen LogP contribution is -2.46. The fourth-order valence-corrected chi connectivity index (χ4v) is 2.85. The van der Waals surface area contributed by atoms with Crippen molar-refractivity contribution < 1.29 is 0 Å². The minimum atomic E-state index is 0.434. The Morgan fingerprint density at radius 1 is 1.19 bits per heavy atom. The summed E-state index contributed by atoms with van der Waals surface area (Å²) in [6, 6.07) is 6.01. The maximum Gasteiger partial charge on any atom is 0.225 e. The largest absolute Gasteiger partial charge is 0.339 e. The predicted molar refractivity (Wildman–Crippen MR) is 80.3 cm³/mol. The zero-order valence-electron chi connectivity index (χ0n) is 12.0. The van der Waals surface area contributed by atoms with Crippen molar-refractivity contribution in [3.8, 4) is 0 Å². The first-order chi connectivity index (χ1) is 10.2. The molecule has 0 amide bonds. The van der Waals surface area contributed by atoms with Crippen LogP contribution in [0.15, 0.2) is 24.4 Å². The van der Waals surface area contributed by atoms with Crippen LogP contribution in [0.2, 0.25) is 0 Å². The summed E-state index contributed by atoms with van der Waals surface area (Å²) >= 11 is 0. The molecule has 1 saturated heterocycles. The maximum atomic E-state index is 4.51. The van der Waals surface area contributed by atoms with Crippen LogP contribution in [-0.4, -0.2) is 38.2 Å². The molecule has 3 aromatic heterocycles. The lowest BCUT2D eigenvalue weighted by molar-refractivity contribution is 0.504. The average Bonchev–Trinajstić information content (AvgIpc) is 2.80. The van der Waals surface area contributed by atoms with E-state index in [-0.39, 0.29) is 0 Å². The molecule has 1 fully saturated rings. The van der Waals surface area contributed by atoms with Gasteiger partial charge in [0.15, 0.2) is 5.65 Å². The van der Waals surface area contributed by atoms with Crippen LogP contribution in [-0.2, 0) is 0 Å². The predicted octanol–water partition coefficient (Wildman–Crippen LogP) is 1.97. The number of hydrogen-bond acceptors (Lipinski definition) is 5. The highest BCUT2D eigenvalue weighted by Gasteiger charge is 2.32. The van der Waals surface area contributed by atoms with E-state index in [9.17, 15) is 0 Å². The number of pyridine rings is 1. The highest BCUT2D eigenvalue weighted by Crippen LogP contribution is 2.32. The van der Waals surface area contributed by atoms with Gasteiger partial charge in [0.25, 0.3) is 0 Å². The first kappa shape index (κ1) is 12.3. The number of nitrogens with one attached hydrogen (secondary N) is 1. The first-order valence-corrected chi connectivity index (χ1v) is 7.07. The summed E-state index contributed by atoms with van der Waals surface area (Å²) in [5.74, 6) is 1.26. The van der Waals surface area contributed by atoms with Crippen LogP contribution in [0.25, 0.3) is 11.0 Å². The molecule has 0 aromatic carbocycles. The second-order valence-electron chi connectivity index (χ2n) is 5.56. The number of hydrogen-bond donors (Lipinski definition) is 1. The van der Waals surface area contributed by atoms with E-state index >= 15 is 0 Å². The fourth-order valence-electron chi connectivity index (χ4n) is 2.85. The molecular formula is C15H16N6. The van der Waals surface area contributed by atoms with Crippen LogP contribution in [0.1, 0.15) is 23.0 Å². The van der Waals surface area contributed by atoms with Gasteiger partial charge in [0, 0.05) is 42.0 Å². The van der Waals surface area contributed by atoms with Crippen molar-refractivity contribution in [2.45, 2.75) is 19.8 Å². The van der Waals surface area contributed by atoms with Crippen LogP contribution in [0.3, 0.4) is 0 Å². The van der Waals surface area contributed by atoms with Gasteiger partial charge < -0.3 is 4.90 Å². The van der Waals surface area contributed by atoms with Gasteiger partial charge in [0.2, 0.25) is 5.95 Å². The van der Waals surface area contributed by atoms with Crippen molar-refractivity contribution in [3.63, 3.8) is 0 Å². The summed E-state index contributed by atoms with van der Waals surface area (Å²) in [7, 11) is 0. The Morgan fingerprint density at radius 3 is 2.71 bits per heavy atom. The van der Waals surface area contributed by atoms with E-state index in [0.29, 0.717) is 5.92 Å². The van der Waals surface area contributed by atoms with Crippen molar-refractivity contribution in [2.24, 2.45) is 0 Å². The zero-order valence-corrected chi connectivity index (χ0v) is 12.0. The van der Waals surface area contributed by atoms with E-state index in [4.69, 9.17) is 0 Å². The smallest absolute Gasteiger partial charge is 0.225 e. The normalized spacial score (nSPS) is 15.4. The molecule has 6 heteroatoms. The minimum absolute atomic E-state index is 0.434. The molecule has 21 heavy (non-hydrogen) atoms. The molecule has 6 nitrogen and oxygen atoms in total. The Labute approximate surface area is 122 Å².